The first-order chi connectivity index (χ1) is 10.1. The average molecular weight is 299 g/mol. The van der Waals surface area contributed by atoms with Crippen LogP contribution in [0.4, 0.5) is 0 Å². The summed E-state index contributed by atoms with van der Waals surface area (Å²) in [6.45, 7) is 15.1. The van der Waals surface area contributed by atoms with Crippen LogP contribution in [0, 0.1) is 28.7 Å². The van der Waals surface area contributed by atoms with E-state index in [-0.39, 0.29) is 23.3 Å². The molecule has 5 heteroatoms. The summed E-state index contributed by atoms with van der Waals surface area (Å²) >= 11 is 0. The van der Waals surface area contributed by atoms with Crippen molar-refractivity contribution >= 4 is 17.4 Å². The van der Waals surface area contributed by atoms with Crippen molar-refractivity contribution in [3.8, 4) is 0 Å². The first-order valence-corrected chi connectivity index (χ1v) is 7.62. The van der Waals surface area contributed by atoms with Gasteiger partial charge in [-0.3, -0.25) is 4.79 Å². The number of ketones is 1. The quantitative estimate of drug-likeness (QED) is 0.646. The van der Waals surface area contributed by atoms with Gasteiger partial charge in [0.25, 0.3) is 5.91 Å². The minimum Gasteiger partial charge on any atom is -0.307 e. The van der Waals surface area contributed by atoms with E-state index in [1.165, 1.54) is 5.01 Å². The Morgan fingerprint density at radius 1 is 1.32 bits per heavy atom. The maximum absolute atomic E-state index is 12.6. The van der Waals surface area contributed by atoms with Crippen molar-refractivity contribution < 1.29 is 9.59 Å². The predicted octanol–water partition coefficient (Wildman–Crippen LogP) is 2.65. The first-order valence-electron chi connectivity index (χ1n) is 7.62. The number of fused-ring (bicyclic) bond motifs is 3. The number of Topliss-reactive ketones (excluding diaryl/α,β-unsaturated/α-hetero) is 1. The SMILES string of the molecule is [C-]#[N+]C1=C[C@]2(C)C3=NN(C)C(=O)C3(C)CC[C@H]2C(C)(C)C1=O. The van der Waals surface area contributed by atoms with Crippen LogP contribution in [0.5, 0.6) is 0 Å². The number of amides is 1. The lowest BCUT2D eigenvalue weighted by molar-refractivity contribution is -0.136. The van der Waals surface area contributed by atoms with E-state index >= 15 is 0 Å². The smallest absolute Gasteiger partial charge is 0.254 e. The lowest BCUT2D eigenvalue weighted by Gasteiger charge is -2.53. The first kappa shape index (κ1) is 15.0. The molecule has 0 saturated heterocycles. The Hall–Kier alpha value is -1.96. The molecule has 3 rings (SSSR count). The Morgan fingerprint density at radius 2 is 1.95 bits per heavy atom. The van der Waals surface area contributed by atoms with Crippen molar-refractivity contribution in [3.63, 3.8) is 0 Å². The molecule has 0 bridgehead atoms. The van der Waals surface area contributed by atoms with Gasteiger partial charge < -0.3 is 4.79 Å². The second kappa shape index (κ2) is 4.07. The van der Waals surface area contributed by atoms with Gasteiger partial charge in [0.05, 0.1) is 17.7 Å². The Bertz CT molecular complexity index is 697. The number of nitrogens with zero attached hydrogens (tertiary/aromatic N) is 3. The minimum atomic E-state index is -0.614. The molecule has 1 saturated carbocycles. The molecule has 3 aliphatic rings. The van der Waals surface area contributed by atoms with Gasteiger partial charge in [-0.2, -0.15) is 5.10 Å². The number of carbonyl (C=O) groups excluding carboxylic acids is 2. The number of hydrogen-bond donors (Lipinski definition) is 0. The fraction of sp³-hybridized carbons (Fsp3) is 0.647. The molecule has 0 aromatic carbocycles. The monoisotopic (exact) mass is 299 g/mol. The molecule has 0 N–H and O–H groups in total. The molecule has 1 aliphatic heterocycles. The van der Waals surface area contributed by atoms with E-state index in [9.17, 15) is 9.59 Å². The van der Waals surface area contributed by atoms with Gasteiger partial charge >= 0.3 is 0 Å². The van der Waals surface area contributed by atoms with Crippen LogP contribution in [0.1, 0.15) is 40.5 Å². The fourth-order valence-corrected chi connectivity index (χ4v) is 4.79. The topological polar surface area (TPSA) is 54.1 Å². The highest BCUT2D eigenvalue weighted by Gasteiger charge is 2.63. The lowest BCUT2D eigenvalue weighted by Crippen LogP contribution is -2.57. The number of hydrazone groups is 1. The maximum Gasteiger partial charge on any atom is 0.254 e. The third kappa shape index (κ3) is 1.50. The molecule has 116 valence electrons. The highest BCUT2D eigenvalue weighted by Crippen LogP contribution is 2.59. The molecule has 1 fully saturated rings. The van der Waals surface area contributed by atoms with Gasteiger partial charge in [-0.25, -0.2) is 9.85 Å². The van der Waals surface area contributed by atoms with Gasteiger partial charge in [0.1, 0.15) is 0 Å². The van der Waals surface area contributed by atoms with E-state index in [4.69, 9.17) is 6.57 Å². The number of rotatable bonds is 0. The molecule has 1 unspecified atom stereocenters. The second-order valence-electron chi connectivity index (χ2n) is 7.68. The fourth-order valence-electron chi connectivity index (χ4n) is 4.79. The molecule has 0 aromatic rings. The summed E-state index contributed by atoms with van der Waals surface area (Å²) < 4.78 is 0. The van der Waals surface area contributed by atoms with E-state index in [0.29, 0.717) is 6.42 Å². The Labute approximate surface area is 130 Å². The van der Waals surface area contributed by atoms with Gasteiger partial charge in [0, 0.05) is 17.9 Å². The molecule has 22 heavy (non-hydrogen) atoms. The molecular formula is C17H21N3O2. The van der Waals surface area contributed by atoms with E-state index in [1.54, 1.807) is 13.1 Å². The zero-order valence-corrected chi connectivity index (χ0v) is 13.7. The number of allylic oxidation sites excluding steroid dienone is 2. The summed E-state index contributed by atoms with van der Waals surface area (Å²) in [6, 6.07) is 0. The van der Waals surface area contributed by atoms with E-state index in [0.717, 1.165) is 12.1 Å². The summed E-state index contributed by atoms with van der Waals surface area (Å²) in [7, 11) is 1.68. The van der Waals surface area contributed by atoms with Gasteiger partial charge in [0.2, 0.25) is 5.70 Å². The van der Waals surface area contributed by atoms with Crippen molar-refractivity contribution in [1.82, 2.24) is 5.01 Å². The van der Waals surface area contributed by atoms with Crippen molar-refractivity contribution in [2.24, 2.45) is 27.3 Å². The summed E-state index contributed by atoms with van der Waals surface area (Å²) in [5, 5.41) is 5.93. The van der Waals surface area contributed by atoms with Crippen molar-refractivity contribution in [3.05, 3.63) is 23.2 Å². The highest BCUT2D eigenvalue weighted by atomic mass is 16.2. The van der Waals surface area contributed by atoms with Crippen LogP contribution in [0.3, 0.4) is 0 Å². The zero-order valence-electron chi connectivity index (χ0n) is 13.7. The molecule has 0 radical (unpaired) electrons. The van der Waals surface area contributed by atoms with Crippen LogP contribution < -0.4 is 0 Å². The van der Waals surface area contributed by atoms with Crippen LogP contribution >= 0.6 is 0 Å². The van der Waals surface area contributed by atoms with E-state index < -0.39 is 16.2 Å². The zero-order chi connectivity index (χ0) is 16.5. The van der Waals surface area contributed by atoms with Crippen molar-refractivity contribution in [1.29, 1.82) is 0 Å². The Balaban J connectivity index is 2.25. The van der Waals surface area contributed by atoms with Crippen LogP contribution in [-0.4, -0.2) is 29.5 Å². The Morgan fingerprint density at radius 3 is 2.55 bits per heavy atom. The lowest BCUT2D eigenvalue weighted by atomic mass is 9.48. The Kier molecular flexibility index (Phi) is 2.76. The number of carbonyl (C=O) groups is 2. The van der Waals surface area contributed by atoms with E-state index in [2.05, 4.69) is 9.95 Å². The third-order valence-electron chi connectivity index (χ3n) is 5.95. The average Bonchev–Trinajstić information content (AvgIpc) is 2.68. The highest BCUT2D eigenvalue weighted by molar-refractivity contribution is 6.17. The van der Waals surface area contributed by atoms with Crippen LogP contribution in [0.25, 0.3) is 4.85 Å². The standard InChI is InChI=1S/C17H21N3O2/c1-15(2)11-7-8-16(3)13(19-20(6)14(16)22)17(11,4)9-10(18-5)12(15)21/h9,11H,7-8H2,1-4,6H3/t11-,16?,17-/m0/s1. The predicted molar refractivity (Wildman–Crippen MR) is 82.6 cm³/mol. The summed E-state index contributed by atoms with van der Waals surface area (Å²) in [5.41, 5.74) is -0.759. The molecule has 5 nitrogen and oxygen atoms in total. The summed E-state index contributed by atoms with van der Waals surface area (Å²) in [5.74, 6) is -0.0226. The largest absolute Gasteiger partial charge is 0.307 e. The van der Waals surface area contributed by atoms with E-state index in [1.807, 2.05) is 27.7 Å². The third-order valence-corrected chi connectivity index (χ3v) is 5.95. The van der Waals surface area contributed by atoms with Crippen molar-refractivity contribution in [2.75, 3.05) is 7.05 Å². The minimum absolute atomic E-state index is 0.00893. The van der Waals surface area contributed by atoms with Crippen LogP contribution in [0.2, 0.25) is 0 Å². The normalized spacial score (nSPS) is 39.6. The summed E-state index contributed by atoms with van der Waals surface area (Å²) in [4.78, 5) is 28.5. The van der Waals surface area contributed by atoms with Gasteiger partial charge in [-0.05, 0) is 25.7 Å². The molecule has 0 aromatic heterocycles. The van der Waals surface area contributed by atoms with Gasteiger partial charge in [-0.15, -0.1) is 0 Å². The maximum atomic E-state index is 12.6. The van der Waals surface area contributed by atoms with Crippen LogP contribution in [-0.2, 0) is 9.59 Å². The van der Waals surface area contributed by atoms with Crippen LogP contribution in [0.15, 0.2) is 16.9 Å². The molecule has 3 atom stereocenters. The molecule has 2 aliphatic carbocycles. The molecule has 0 spiro atoms. The summed E-state index contributed by atoms with van der Waals surface area (Å²) in [6.07, 6.45) is 3.25. The molecular weight excluding hydrogens is 278 g/mol. The van der Waals surface area contributed by atoms with Crippen molar-refractivity contribution in [2.45, 2.75) is 40.5 Å². The molecule has 1 heterocycles. The second-order valence-corrected chi connectivity index (χ2v) is 7.68. The van der Waals surface area contributed by atoms with Gasteiger partial charge in [0.15, 0.2) is 5.78 Å². The van der Waals surface area contributed by atoms with Gasteiger partial charge in [-0.1, -0.05) is 26.8 Å². The molecule has 1 amide bonds. The number of hydrogen-bond acceptors (Lipinski definition) is 3.